The first-order valence-electron chi connectivity index (χ1n) is 10.4. The second-order valence-corrected chi connectivity index (χ2v) is 8.16. The third-order valence-corrected chi connectivity index (χ3v) is 6.04. The molecule has 0 aliphatic carbocycles. The number of pyridine rings is 2. The van der Waals surface area contributed by atoms with Crippen molar-refractivity contribution in [2.75, 3.05) is 26.7 Å². The molecular weight excluding hydrogens is 435 g/mol. The molecule has 1 aromatic carbocycles. The van der Waals surface area contributed by atoms with Crippen LogP contribution in [0.4, 0.5) is 0 Å². The standard InChI is InChI=1S/C23H27ClN4O2.ClH/c1-30-20-14-22-21(26-16-20)6-7-23(29)28(22)13-12-27-10-8-19(9-11-27)25-15-17-2-4-18(24)5-3-17;/h2-7,14,16,19,25H,8-13,15H2,1H3;1H. The van der Waals surface area contributed by atoms with Crippen LogP contribution in [0.2, 0.25) is 5.02 Å². The van der Waals surface area contributed by atoms with Gasteiger partial charge in [-0.3, -0.25) is 9.78 Å². The molecule has 0 unspecified atom stereocenters. The molecule has 1 aliphatic heterocycles. The van der Waals surface area contributed by atoms with Crippen molar-refractivity contribution in [3.05, 3.63) is 69.6 Å². The van der Waals surface area contributed by atoms with Crippen LogP contribution in [0.5, 0.6) is 5.75 Å². The Kier molecular flexibility index (Phi) is 8.32. The number of nitrogens with one attached hydrogen (secondary N) is 1. The van der Waals surface area contributed by atoms with E-state index in [1.807, 2.05) is 18.2 Å². The highest BCUT2D eigenvalue weighted by Gasteiger charge is 2.19. The number of likely N-dealkylation sites (tertiary alicyclic amines) is 1. The van der Waals surface area contributed by atoms with Crippen LogP contribution in [-0.4, -0.2) is 47.2 Å². The lowest BCUT2D eigenvalue weighted by molar-refractivity contribution is 0.191. The van der Waals surface area contributed by atoms with Gasteiger partial charge in [0.15, 0.2) is 0 Å². The van der Waals surface area contributed by atoms with Gasteiger partial charge in [-0.15, -0.1) is 12.4 Å². The molecule has 1 N–H and O–H groups in total. The molecule has 0 amide bonds. The molecule has 0 spiro atoms. The predicted octanol–water partition coefficient (Wildman–Crippen LogP) is 3.73. The van der Waals surface area contributed by atoms with Crippen molar-refractivity contribution >= 4 is 35.0 Å². The maximum absolute atomic E-state index is 12.5. The second kappa shape index (κ2) is 11.0. The number of ether oxygens (including phenoxy) is 1. The van der Waals surface area contributed by atoms with Crippen LogP contribution >= 0.6 is 24.0 Å². The molecule has 1 aliphatic rings. The fourth-order valence-corrected chi connectivity index (χ4v) is 4.08. The van der Waals surface area contributed by atoms with Crippen molar-refractivity contribution in [2.45, 2.75) is 32.0 Å². The minimum atomic E-state index is -0.00271. The van der Waals surface area contributed by atoms with Gasteiger partial charge in [0.2, 0.25) is 0 Å². The van der Waals surface area contributed by atoms with Gasteiger partial charge >= 0.3 is 0 Å². The van der Waals surface area contributed by atoms with Gasteiger partial charge in [0, 0.05) is 42.8 Å². The third-order valence-electron chi connectivity index (χ3n) is 5.78. The number of hydrogen-bond donors (Lipinski definition) is 1. The van der Waals surface area contributed by atoms with E-state index in [9.17, 15) is 4.79 Å². The van der Waals surface area contributed by atoms with Crippen molar-refractivity contribution in [3.8, 4) is 5.75 Å². The highest BCUT2D eigenvalue weighted by molar-refractivity contribution is 6.30. The fraction of sp³-hybridized carbons (Fsp3) is 0.391. The first kappa shape index (κ1) is 23.5. The zero-order chi connectivity index (χ0) is 20.9. The van der Waals surface area contributed by atoms with Gasteiger partial charge < -0.3 is 19.5 Å². The molecule has 2 aromatic heterocycles. The topological polar surface area (TPSA) is 59.4 Å². The van der Waals surface area contributed by atoms with E-state index >= 15 is 0 Å². The van der Waals surface area contributed by atoms with E-state index in [1.165, 1.54) is 5.56 Å². The fourth-order valence-electron chi connectivity index (χ4n) is 3.96. The number of hydrogen-bond acceptors (Lipinski definition) is 5. The maximum atomic E-state index is 12.5. The van der Waals surface area contributed by atoms with E-state index in [-0.39, 0.29) is 18.0 Å². The van der Waals surface area contributed by atoms with Gasteiger partial charge in [-0.05, 0) is 49.7 Å². The molecule has 3 aromatic rings. The Labute approximate surface area is 193 Å². The van der Waals surface area contributed by atoms with E-state index in [4.69, 9.17) is 16.3 Å². The van der Waals surface area contributed by atoms with Crippen LogP contribution in [0.15, 0.2) is 53.5 Å². The minimum absolute atomic E-state index is 0. The summed E-state index contributed by atoms with van der Waals surface area (Å²) in [6, 6.07) is 13.8. The van der Waals surface area contributed by atoms with E-state index < -0.39 is 0 Å². The predicted molar refractivity (Wildman–Crippen MR) is 128 cm³/mol. The number of aromatic nitrogens is 2. The number of nitrogens with zero attached hydrogens (tertiary/aromatic N) is 3. The van der Waals surface area contributed by atoms with Crippen LogP contribution < -0.4 is 15.6 Å². The lowest BCUT2D eigenvalue weighted by Crippen LogP contribution is -2.43. The van der Waals surface area contributed by atoms with Crippen LogP contribution in [0.1, 0.15) is 18.4 Å². The number of fused-ring (bicyclic) bond motifs is 1. The maximum Gasteiger partial charge on any atom is 0.251 e. The Balaban J connectivity index is 0.00000272. The summed E-state index contributed by atoms with van der Waals surface area (Å²) in [5.41, 5.74) is 2.88. The summed E-state index contributed by atoms with van der Waals surface area (Å²) in [6.07, 6.45) is 3.89. The van der Waals surface area contributed by atoms with Crippen LogP contribution in [0, 0.1) is 0 Å². The summed E-state index contributed by atoms with van der Waals surface area (Å²) >= 11 is 5.95. The zero-order valence-corrected chi connectivity index (χ0v) is 19.2. The molecule has 166 valence electrons. The summed E-state index contributed by atoms with van der Waals surface area (Å²) in [6.45, 7) is 4.41. The molecule has 0 atom stereocenters. The minimum Gasteiger partial charge on any atom is -0.495 e. The van der Waals surface area contributed by atoms with Crippen LogP contribution in [0.25, 0.3) is 11.0 Å². The van der Waals surface area contributed by atoms with Crippen molar-refractivity contribution in [2.24, 2.45) is 0 Å². The summed E-state index contributed by atoms with van der Waals surface area (Å²) in [5.74, 6) is 0.662. The first-order valence-corrected chi connectivity index (χ1v) is 10.7. The number of piperidine rings is 1. The number of methoxy groups -OCH3 is 1. The van der Waals surface area contributed by atoms with Crippen LogP contribution in [-0.2, 0) is 13.1 Å². The molecule has 0 radical (unpaired) electrons. The van der Waals surface area contributed by atoms with Crippen LogP contribution in [0.3, 0.4) is 0 Å². The second-order valence-electron chi connectivity index (χ2n) is 7.73. The molecule has 1 saturated heterocycles. The first-order chi connectivity index (χ1) is 14.6. The van der Waals surface area contributed by atoms with Crippen molar-refractivity contribution in [3.63, 3.8) is 0 Å². The quantitative estimate of drug-likeness (QED) is 0.579. The van der Waals surface area contributed by atoms with Gasteiger partial charge in [-0.2, -0.15) is 0 Å². The van der Waals surface area contributed by atoms with E-state index in [2.05, 4.69) is 27.3 Å². The lowest BCUT2D eigenvalue weighted by Gasteiger charge is -2.32. The number of rotatable bonds is 7. The molecule has 31 heavy (non-hydrogen) atoms. The van der Waals surface area contributed by atoms with E-state index in [0.717, 1.165) is 55.1 Å². The van der Waals surface area contributed by atoms with Gasteiger partial charge in [-0.25, -0.2) is 0 Å². The molecule has 3 heterocycles. The molecule has 4 rings (SSSR count). The van der Waals surface area contributed by atoms with Gasteiger partial charge in [-0.1, -0.05) is 23.7 Å². The highest BCUT2D eigenvalue weighted by atomic mass is 35.5. The SMILES string of the molecule is COc1cnc2ccc(=O)n(CCN3CCC(NCc4ccc(Cl)cc4)CC3)c2c1.Cl. The summed E-state index contributed by atoms with van der Waals surface area (Å²) < 4.78 is 7.08. The average molecular weight is 463 g/mol. The Morgan fingerprint density at radius 3 is 2.58 bits per heavy atom. The smallest absolute Gasteiger partial charge is 0.251 e. The van der Waals surface area contributed by atoms with Gasteiger partial charge in [0.1, 0.15) is 5.75 Å². The molecule has 8 heteroatoms. The largest absolute Gasteiger partial charge is 0.495 e. The van der Waals surface area contributed by atoms with Crippen molar-refractivity contribution in [1.29, 1.82) is 0 Å². The molecule has 0 bridgehead atoms. The summed E-state index contributed by atoms with van der Waals surface area (Å²) in [4.78, 5) is 19.3. The Hall–Kier alpha value is -2.12. The highest BCUT2D eigenvalue weighted by Crippen LogP contribution is 2.17. The Morgan fingerprint density at radius 1 is 1.13 bits per heavy atom. The van der Waals surface area contributed by atoms with E-state index in [1.54, 1.807) is 30.0 Å². The lowest BCUT2D eigenvalue weighted by atomic mass is 10.0. The normalized spacial score (nSPS) is 15.0. The summed E-state index contributed by atoms with van der Waals surface area (Å²) in [7, 11) is 1.61. The monoisotopic (exact) mass is 462 g/mol. The molecular formula is C23H28Cl2N4O2. The number of benzene rings is 1. The van der Waals surface area contributed by atoms with Crippen molar-refractivity contribution < 1.29 is 4.74 Å². The average Bonchev–Trinajstić information content (AvgIpc) is 2.78. The van der Waals surface area contributed by atoms with E-state index in [0.29, 0.717) is 18.3 Å². The Morgan fingerprint density at radius 2 is 1.87 bits per heavy atom. The summed E-state index contributed by atoms with van der Waals surface area (Å²) in [5, 5.41) is 4.42. The van der Waals surface area contributed by atoms with Gasteiger partial charge in [0.25, 0.3) is 5.56 Å². The molecule has 6 nitrogen and oxygen atoms in total. The molecule has 0 saturated carbocycles. The number of halogens is 2. The Bertz CT molecular complexity index is 1050. The third kappa shape index (κ3) is 5.98. The van der Waals surface area contributed by atoms with Crippen molar-refractivity contribution in [1.82, 2.24) is 19.8 Å². The molecule has 1 fully saturated rings. The zero-order valence-electron chi connectivity index (χ0n) is 17.6. The van der Waals surface area contributed by atoms with Gasteiger partial charge in [0.05, 0.1) is 24.3 Å².